The number of hydrogen-bond donors (Lipinski definition) is 1. The molecule has 5 heteroatoms. The van der Waals surface area contributed by atoms with Gasteiger partial charge in [-0.05, 0) is 42.6 Å². The third-order valence-corrected chi connectivity index (χ3v) is 4.43. The Balaban J connectivity index is 0.00000208. The van der Waals surface area contributed by atoms with E-state index in [1.54, 1.807) is 0 Å². The molecule has 2 aromatic rings. The molecule has 1 unspecified atom stereocenters. The Labute approximate surface area is 149 Å². The van der Waals surface area contributed by atoms with Crippen LogP contribution in [0, 0.1) is 5.41 Å². The van der Waals surface area contributed by atoms with Crippen LogP contribution in [0.5, 0.6) is 11.5 Å². The number of halogens is 1. The van der Waals surface area contributed by atoms with Crippen LogP contribution in [0.4, 0.5) is 0 Å². The number of ether oxygens (including phenoxy) is 1. The molecule has 1 heterocycles. The number of nitrogens with zero attached hydrogens (tertiary/aromatic N) is 1. The van der Waals surface area contributed by atoms with Crippen molar-refractivity contribution in [3.05, 3.63) is 60.2 Å². The average Bonchev–Trinajstić information content (AvgIpc) is 2.99. The molecule has 1 fully saturated rings. The molecular weight excluding hydrogens is 324 g/mol. The van der Waals surface area contributed by atoms with Crippen molar-refractivity contribution in [2.75, 3.05) is 19.6 Å². The zero-order chi connectivity index (χ0) is 16.3. The first-order valence-corrected chi connectivity index (χ1v) is 7.93. The fourth-order valence-electron chi connectivity index (χ4n) is 2.88. The summed E-state index contributed by atoms with van der Waals surface area (Å²) in [6.45, 7) is 4.17. The summed E-state index contributed by atoms with van der Waals surface area (Å²) in [5.41, 5.74) is 6.45. The average molecular weight is 347 g/mol. The van der Waals surface area contributed by atoms with Crippen molar-refractivity contribution < 1.29 is 9.53 Å². The molecule has 2 aromatic carbocycles. The first kappa shape index (κ1) is 18.3. The maximum absolute atomic E-state index is 12.9. The molecule has 0 saturated carbocycles. The van der Waals surface area contributed by atoms with Crippen molar-refractivity contribution in [3.63, 3.8) is 0 Å². The number of carbonyl (C=O) groups excluding carboxylic acids is 1. The SMILES string of the molecule is CC1(CN)CCN(C(=O)c2ccccc2Oc2ccccc2)C1.Cl. The predicted molar refractivity (Wildman–Crippen MR) is 97.9 cm³/mol. The van der Waals surface area contributed by atoms with E-state index in [1.165, 1.54) is 0 Å². The summed E-state index contributed by atoms with van der Waals surface area (Å²) in [7, 11) is 0. The molecule has 1 saturated heterocycles. The summed E-state index contributed by atoms with van der Waals surface area (Å²) < 4.78 is 5.90. The van der Waals surface area contributed by atoms with Crippen LogP contribution < -0.4 is 10.5 Å². The summed E-state index contributed by atoms with van der Waals surface area (Å²) in [4.78, 5) is 14.7. The second kappa shape index (κ2) is 7.69. The van der Waals surface area contributed by atoms with Gasteiger partial charge in [-0.1, -0.05) is 37.3 Å². The molecule has 128 valence electrons. The summed E-state index contributed by atoms with van der Waals surface area (Å²) in [6, 6.07) is 16.9. The number of hydrogen-bond acceptors (Lipinski definition) is 3. The van der Waals surface area contributed by atoms with Gasteiger partial charge in [0.25, 0.3) is 5.91 Å². The topological polar surface area (TPSA) is 55.6 Å². The highest BCUT2D eigenvalue weighted by Crippen LogP contribution is 2.32. The molecule has 3 rings (SSSR count). The second-order valence-corrected chi connectivity index (χ2v) is 6.40. The molecule has 1 aliphatic rings. The van der Waals surface area contributed by atoms with E-state index >= 15 is 0 Å². The minimum atomic E-state index is 0. The van der Waals surface area contributed by atoms with Crippen molar-refractivity contribution in [2.45, 2.75) is 13.3 Å². The first-order chi connectivity index (χ1) is 11.1. The van der Waals surface area contributed by atoms with Crippen molar-refractivity contribution in [2.24, 2.45) is 11.1 Å². The van der Waals surface area contributed by atoms with E-state index in [0.29, 0.717) is 24.4 Å². The first-order valence-electron chi connectivity index (χ1n) is 7.93. The van der Waals surface area contributed by atoms with E-state index in [1.807, 2.05) is 59.5 Å². The summed E-state index contributed by atoms with van der Waals surface area (Å²) in [5.74, 6) is 1.32. The highest BCUT2D eigenvalue weighted by Gasteiger charge is 2.35. The largest absolute Gasteiger partial charge is 0.457 e. The Hall–Kier alpha value is -2.04. The zero-order valence-electron chi connectivity index (χ0n) is 13.8. The van der Waals surface area contributed by atoms with Gasteiger partial charge in [0.1, 0.15) is 11.5 Å². The molecule has 4 nitrogen and oxygen atoms in total. The van der Waals surface area contributed by atoms with Gasteiger partial charge in [-0.2, -0.15) is 0 Å². The molecule has 0 radical (unpaired) electrons. The van der Waals surface area contributed by atoms with Crippen LogP contribution in [-0.2, 0) is 0 Å². The molecule has 24 heavy (non-hydrogen) atoms. The fourth-order valence-corrected chi connectivity index (χ4v) is 2.88. The summed E-state index contributed by atoms with van der Waals surface area (Å²) >= 11 is 0. The van der Waals surface area contributed by atoms with Crippen LogP contribution in [0.15, 0.2) is 54.6 Å². The van der Waals surface area contributed by atoms with Crippen LogP contribution in [-0.4, -0.2) is 30.4 Å². The fraction of sp³-hybridized carbons (Fsp3) is 0.316. The van der Waals surface area contributed by atoms with Gasteiger partial charge in [0.2, 0.25) is 0 Å². The third kappa shape index (κ3) is 3.89. The number of rotatable bonds is 4. The Morgan fingerprint density at radius 2 is 1.83 bits per heavy atom. The smallest absolute Gasteiger partial charge is 0.257 e. The summed E-state index contributed by atoms with van der Waals surface area (Å²) in [6.07, 6.45) is 0.941. The Morgan fingerprint density at radius 3 is 2.50 bits per heavy atom. The minimum absolute atomic E-state index is 0. The van der Waals surface area contributed by atoms with E-state index in [2.05, 4.69) is 6.92 Å². The van der Waals surface area contributed by atoms with E-state index in [4.69, 9.17) is 10.5 Å². The summed E-state index contributed by atoms with van der Waals surface area (Å²) in [5, 5.41) is 0. The Kier molecular flexibility index (Phi) is 5.86. The number of amides is 1. The molecule has 0 bridgehead atoms. The Bertz CT molecular complexity index is 693. The third-order valence-electron chi connectivity index (χ3n) is 4.43. The van der Waals surface area contributed by atoms with Crippen molar-refractivity contribution in [1.82, 2.24) is 4.90 Å². The van der Waals surface area contributed by atoms with Crippen molar-refractivity contribution in [1.29, 1.82) is 0 Å². The van der Waals surface area contributed by atoms with Gasteiger partial charge in [0.15, 0.2) is 0 Å². The van der Waals surface area contributed by atoms with E-state index < -0.39 is 0 Å². The van der Waals surface area contributed by atoms with Gasteiger partial charge in [-0.25, -0.2) is 0 Å². The molecule has 0 aromatic heterocycles. The quantitative estimate of drug-likeness (QED) is 0.918. The normalized spacial score (nSPS) is 19.7. The maximum atomic E-state index is 12.9. The molecule has 1 aliphatic heterocycles. The lowest BCUT2D eigenvalue weighted by molar-refractivity contribution is 0.0774. The molecule has 1 atom stereocenters. The number of nitrogens with two attached hydrogens (primary N) is 1. The number of benzene rings is 2. The lowest BCUT2D eigenvalue weighted by atomic mass is 9.90. The van der Waals surface area contributed by atoms with Crippen LogP contribution in [0.25, 0.3) is 0 Å². The maximum Gasteiger partial charge on any atom is 0.257 e. The molecule has 2 N–H and O–H groups in total. The van der Waals surface area contributed by atoms with E-state index in [0.717, 1.165) is 18.7 Å². The van der Waals surface area contributed by atoms with Crippen LogP contribution in [0.3, 0.4) is 0 Å². The highest BCUT2D eigenvalue weighted by atomic mass is 35.5. The van der Waals surface area contributed by atoms with Gasteiger partial charge < -0.3 is 15.4 Å². The standard InChI is InChI=1S/C19H22N2O2.ClH/c1-19(13-20)11-12-21(14-19)18(22)16-9-5-6-10-17(16)23-15-7-3-2-4-8-15;/h2-10H,11-14,20H2,1H3;1H. The zero-order valence-corrected chi connectivity index (χ0v) is 14.6. The molecule has 1 amide bonds. The van der Waals surface area contributed by atoms with E-state index in [-0.39, 0.29) is 23.7 Å². The van der Waals surface area contributed by atoms with Crippen molar-refractivity contribution >= 4 is 18.3 Å². The van der Waals surface area contributed by atoms with Gasteiger partial charge >= 0.3 is 0 Å². The van der Waals surface area contributed by atoms with Gasteiger partial charge in [-0.15, -0.1) is 12.4 Å². The van der Waals surface area contributed by atoms with Crippen LogP contribution in [0.2, 0.25) is 0 Å². The number of carbonyl (C=O) groups is 1. The lowest BCUT2D eigenvalue weighted by Crippen LogP contribution is -2.34. The number of likely N-dealkylation sites (tertiary alicyclic amines) is 1. The molecule has 0 aliphatic carbocycles. The second-order valence-electron chi connectivity index (χ2n) is 6.40. The molecule has 0 spiro atoms. The van der Waals surface area contributed by atoms with E-state index in [9.17, 15) is 4.79 Å². The molecular formula is C19H23ClN2O2. The Morgan fingerprint density at radius 1 is 1.17 bits per heavy atom. The number of para-hydroxylation sites is 2. The lowest BCUT2D eigenvalue weighted by Gasteiger charge is -2.23. The minimum Gasteiger partial charge on any atom is -0.457 e. The van der Waals surface area contributed by atoms with Gasteiger partial charge in [0, 0.05) is 13.1 Å². The van der Waals surface area contributed by atoms with Gasteiger partial charge in [-0.3, -0.25) is 4.79 Å². The highest BCUT2D eigenvalue weighted by molar-refractivity contribution is 5.97. The monoisotopic (exact) mass is 346 g/mol. The van der Waals surface area contributed by atoms with Crippen molar-refractivity contribution in [3.8, 4) is 11.5 Å². The van der Waals surface area contributed by atoms with Crippen LogP contribution >= 0.6 is 12.4 Å². The predicted octanol–water partition coefficient (Wildman–Crippen LogP) is 3.71. The van der Waals surface area contributed by atoms with Gasteiger partial charge in [0.05, 0.1) is 5.56 Å². The van der Waals surface area contributed by atoms with Crippen LogP contribution in [0.1, 0.15) is 23.7 Å².